The van der Waals surface area contributed by atoms with Crippen LogP contribution in [0.4, 0.5) is 22.7 Å². The molecule has 0 saturated carbocycles. The first kappa shape index (κ1) is 12.7. The lowest BCUT2D eigenvalue weighted by atomic mass is 10.2. The number of nitrogen functional groups attached to an aromatic ring is 1. The molecule has 0 fully saturated rings. The molecule has 0 unspecified atom stereocenters. The van der Waals surface area contributed by atoms with Gasteiger partial charge < -0.3 is 5.73 Å². The van der Waals surface area contributed by atoms with Crippen LogP contribution in [0.1, 0.15) is 0 Å². The fraction of sp³-hybridized carbons (Fsp3) is 0. The van der Waals surface area contributed by atoms with Gasteiger partial charge in [-0.25, -0.2) is 0 Å². The Labute approximate surface area is 117 Å². The van der Waals surface area contributed by atoms with E-state index in [4.69, 9.17) is 5.73 Å². The molecular formula is C12H9N7O2. The number of hydrogen-bond acceptors (Lipinski definition) is 7. The first-order valence-corrected chi connectivity index (χ1v) is 5.90. The van der Waals surface area contributed by atoms with Crippen molar-refractivity contribution in [3.8, 4) is 0 Å². The number of nitro groups is 1. The number of azo groups is 1. The van der Waals surface area contributed by atoms with Gasteiger partial charge in [-0.05, 0) is 24.3 Å². The Balaban J connectivity index is 1.96. The molecule has 21 heavy (non-hydrogen) atoms. The molecule has 3 rings (SSSR count). The second-order valence-electron chi connectivity index (χ2n) is 4.18. The number of hydrogen-bond donors (Lipinski definition) is 2. The summed E-state index contributed by atoms with van der Waals surface area (Å²) < 4.78 is 0. The van der Waals surface area contributed by atoms with Crippen molar-refractivity contribution in [1.29, 1.82) is 0 Å². The second kappa shape index (κ2) is 4.96. The van der Waals surface area contributed by atoms with Crippen molar-refractivity contribution in [3.05, 3.63) is 46.5 Å². The lowest BCUT2D eigenvalue weighted by Crippen LogP contribution is -1.86. The lowest BCUT2D eigenvalue weighted by molar-refractivity contribution is -0.384. The number of rotatable bonds is 3. The third-order valence-electron chi connectivity index (χ3n) is 2.83. The van der Waals surface area contributed by atoms with E-state index in [1.165, 1.54) is 24.3 Å². The van der Waals surface area contributed by atoms with E-state index in [2.05, 4.69) is 25.6 Å². The number of nitrogens with zero attached hydrogens (tertiary/aromatic N) is 5. The molecule has 1 heterocycles. The van der Waals surface area contributed by atoms with Crippen LogP contribution in [-0.4, -0.2) is 20.3 Å². The molecule has 9 nitrogen and oxygen atoms in total. The van der Waals surface area contributed by atoms with Crippen LogP contribution >= 0.6 is 0 Å². The number of anilines is 1. The van der Waals surface area contributed by atoms with Gasteiger partial charge in [-0.1, -0.05) is 5.21 Å². The Morgan fingerprint density at radius 2 is 1.90 bits per heavy atom. The number of H-pyrrole nitrogens is 1. The van der Waals surface area contributed by atoms with Gasteiger partial charge in [0, 0.05) is 12.1 Å². The van der Waals surface area contributed by atoms with Gasteiger partial charge in [0.05, 0.1) is 16.3 Å². The molecule has 0 amide bonds. The van der Waals surface area contributed by atoms with Crippen LogP contribution in [0.25, 0.3) is 11.0 Å². The number of nitrogens with two attached hydrogens (primary N) is 1. The van der Waals surface area contributed by atoms with Crippen LogP contribution in [0.3, 0.4) is 0 Å². The van der Waals surface area contributed by atoms with Gasteiger partial charge in [-0.3, -0.25) is 15.2 Å². The van der Waals surface area contributed by atoms with Crippen LogP contribution in [-0.2, 0) is 0 Å². The molecule has 0 bridgehead atoms. The lowest BCUT2D eigenvalue weighted by Gasteiger charge is -1.99. The number of benzene rings is 2. The van der Waals surface area contributed by atoms with Gasteiger partial charge >= 0.3 is 0 Å². The highest BCUT2D eigenvalue weighted by molar-refractivity contribution is 5.92. The zero-order valence-electron chi connectivity index (χ0n) is 10.6. The highest BCUT2D eigenvalue weighted by Gasteiger charge is 2.08. The van der Waals surface area contributed by atoms with E-state index in [1.807, 2.05) is 0 Å². The molecule has 0 spiro atoms. The Bertz CT molecular complexity index is 838. The van der Waals surface area contributed by atoms with Crippen molar-refractivity contribution in [2.45, 2.75) is 0 Å². The van der Waals surface area contributed by atoms with Gasteiger partial charge in [0.25, 0.3) is 5.69 Å². The third kappa shape index (κ3) is 2.39. The predicted octanol–water partition coefficient (Wildman–Crippen LogP) is 2.86. The van der Waals surface area contributed by atoms with E-state index in [-0.39, 0.29) is 5.69 Å². The van der Waals surface area contributed by atoms with Gasteiger partial charge in [0.2, 0.25) is 0 Å². The molecule has 0 radical (unpaired) electrons. The molecule has 2 aromatic carbocycles. The van der Waals surface area contributed by atoms with Crippen LogP contribution in [0, 0.1) is 10.1 Å². The Kier molecular flexibility index (Phi) is 2.99. The summed E-state index contributed by atoms with van der Waals surface area (Å²) in [6.07, 6.45) is 0. The molecule has 0 saturated heterocycles. The van der Waals surface area contributed by atoms with E-state index in [0.29, 0.717) is 28.1 Å². The van der Waals surface area contributed by atoms with Crippen molar-refractivity contribution in [1.82, 2.24) is 15.4 Å². The fourth-order valence-corrected chi connectivity index (χ4v) is 1.78. The average molecular weight is 283 g/mol. The van der Waals surface area contributed by atoms with E-state index >= 15 is 0 Å². The van der Waals surface area contributed by atoms with Gasteiger partial charge in [-0.15, -0.1) is 10.2 Å². The van der Waals surface area contributed by atoms with Crippen LogP contribution in [0.5, 0.6) is 0 Å². The molecular weight excluding hydrogens is 274 g/mol. The summed E-state index contributed by atoms with van der Waals surface area (Å²) >= 11 is 0. The summed E-state index contributed by atoms with van der Waals surface area (Å²) in [4.78, 5) is 10.1. The SMILES string of the molecule is Nc1ccc2nn[nH]c2c1/N=N/c1ccc([N+](=O)[O-])cc1. The maximum absolute atomic E-state index is 10.6. The maximum Gasteiger partial charge on any atom is 0.269 e. The normalized spacial score (nSPS) is 11.2. The summed E-state index contributed by atoms with van der Waals surface area (Å²) in [6.45, 7) is 0. The van der Waals surface area contributed by atoms with Gasteiger partial charge in [0.1, 0.15) is 16.7 Å². The van der Waals surface area contributed by atoms with E-state index in [0.717, 1.165) is 0 Å². The molecule has 0 aliphatic carbocycles. The standard InChI is InChI=1S/C12H9N7O2/c13-9-5-6-10-12(17-18-15-10)11(9)16-14-7-1-3-8(4-2-7)19(20)21/h1-6H,13H2,(H,15,17,18)/b16-14+. The van der Waals surface area contributed by atoms with Crippen LogP contribution in [0.15, 0.2) is 46.6 Å². The minimum absolute atomic E-state index is 0.00617. The summed E-state index contributed by atoms with van der Waals surface area (Å²) in [5.74, 6) is 0. The second-order valence-corrected chi connectivity index (χ2v) is 4.18. The summed E-state index contributed by atoms with van der Waals surface area (Å²) in [7, 11) is 0. The molecule has 0 aliphatic heterocycles. The highest BCUT2D eigenvalue weighted by atomic mass is 16.6. The summed E-state index contributed by atoms with van der Waals surface area (Å²) in [5, 5.41) is 28.9. The third-order valence-corrected chi connectivity index (χ3v) is 2.83. The van der Waals surface area contributed by atoms with Crippen LogP contribution in [0.2, 0.25) is 0 Å². The number of non-ortho nitro benzene ring substituents is 1. The molecule has 3 N–H and O–H groups in total. The zero-order chi connectivity index (χ0) is 14.8. The summed E-state index contributed by atoms with van der Waals surface area (Å²) in [6, 6.07) is 9.10. The highest BCUT2D eigenvalue weighted by Crippen LogP contribution is 2.31. The first-order chi connectivity index (χ1) is 10.1. The minimum Gasteiger partial charge on any atom is -0.397 e. The fourth-order valence-electron chi connectivity index (χ4n) is 1.78. The average Bonchev–Trinajstić information content (AvgIpc) is 2.95. The number of fused-ring (bicyclic) bond motifs is 1. The Morgan fingerprint density at radius 3 is 2.62 bits per heavy atom. The molecule has 1 aromatic heterocycles. The van der Waals surface area contributed by atoms with Crippen molar-refractivity contribution < 1.29 is 4.92 Å². The number of aromatic amines is 1. The van der Waals surface area contributed by atoms with Gasteiger partial charge in [-0.2, -0.15) is 5.11 Å². The molecule has 0 atom stereocenters. The van der Waals surface area contributed by atoms with Crippen LogP contribution < -0.4 is 5.73 Å². The van der Waals surface area contributed by atoms with E-state index in [9.17, 15) is 10.1 Å². The maximum atomic E-state index is 10.6. The van der Waals surface area contributed by atoms with E-state index < -0.39 is 4.92 Å². The monoisotopic (exact) mass is 283 g/mol. The zero-order valence-corrected chi connectivity index (χ0v) is 10.6. The topological polar surface area (TPSA) is 135 Å². The number of nitrogens with one attached hydrogen (secondary N) is 1. The van der Waals surface area contributed by atoms with Crippen molar-refractivity contribution >= 4 is 33.8 Å². The first-order valence-electron chi connectivity index (χ1n) is 5.90. The summed E-state index contributed by atoms with van der Waals surface area (Å²) in [5.41, 5.74) is 8.39. The quantitative estimate of drug-likeness (QED) is 0.329. The van der Waals surface area contributed by atoms with Crippen molar-refractivity contribution in [3.63, 3.8) is 0 Å². The Hall–Kier alpha value is -3.36. The van der Waals surface area contributed by atoms with Crippen molar-refractivity contribution in [2.24, 2.45) is 10.2 Å². The van der Waals surface area contributed by atoms with Crippen molar-refractivity contribution in [2.75, 3.05) is 5.73 Å². The number of aromatic nitrogens is 3. The van der Waals surface area contributed by atoms with Gasteiger partial charge in [0.15, 0.2) is 0 Å². The molecule has 0 aliphatic rings. The molecule has 9 heteroatoms. The minimum atomic E-state index is -0.476. The molecule has 3 aromatic rings. The smallest absolute Gasteiger partial charge is 0.269 e. The molecule has 104 valence electrons. The largest absolute Gasteiger partial charge is 0.397 e. The van der Waals surface area contributed by atoms with E-state index in [1.54, 1.807) is 12.1 Å². The predicted molar refractivity (Wildman–Crippen MR) is 75.6 cm³/mol. The number of nitro benzene ring substituents is 1. The Morgan fingerprint density at radius 1 is 1.14 bits per heavy atom.